The molecule has 0 amide bonds. The van der Waals surface area contributed by atoms with Gasteiger partial charge in [-0.05, 0) is 36.4 Å². The number of pyridine rings is 3. The van der Waals surface area contributed by atoms with E-state index in [0.717, 1.165) is 49.3 Å². The number of halogens is 3. The summed E-state index contributed by atoms with van der Waals surface area (Å²) in [5, 5.41) is 1.44. The molecule has 0 aliphatic carbocycles. The summed E-state index contributed by atoms with van der Waals surface area (Å²) in [6.07, 6.45) is 0. The highest BCUT2D eigenvalue weighted by atomic mass is 79.9. The van der Waals surface area contributed by atoms with Crippen LogP contribution < -0.4 is 0 Å². The summed E-state index contributed by atoms with van der Waals surface area (Å²) in [5.74, 6) is 0. The minimum absolute atomic E-state index is 0.719. The summed E-state index contributed by atoms with van der Waals surface area (Å²) >= 11 is 10.4. The molecule has 116 valence electrons. The van der Waals surface area contributed by atoms with Gasteiger partial charge in [0, 0.05) is 15.1 Å². The van der Waals surface area contributed by atoms with Crippen LogP contribution in [0.25, 0.3) is 22.8 Å². The van der Waals surface area contributed by atoms with Gasteiger partial charge in [-0.1, -0.05) is 59.9 Å². The predicted octanol–water partition coefficient (Wildman–Crippen LogP) is 5.76. The molecule has 3 aromatic heterocycles. The highest BCUT2D eigenvalue weighted by molar-refractivity contribution is 9.10. The molecule has 0 spiro atoms. The third-order valence-corrected chi connectivity index (χ3v) is 4.81. The molecule has 0 saturated carbocycles. The Labute approximate surface area is 160 Å². The summed E-state index contributed by atoms with van der Waals surface area (Å²) in [5.41, 5.74) is 5.30. The number of alkyl halides is 2. The highest BCUT2D eigenvalue weighted by Crippen LogP contribution is 2.26. The quantitative estimate of drug-likeness (QED) is 0.430. The molecule has 0 aromatic carbocycles. The maximum Gasteiger partial charge on any atom is 0.0905 e. The fourth-order valence-electron chi connectivity index (χ4n) is 2.15. The van der Waals surface area contributed by atoms with Gasteiger partial charge < -0.3 is 0 Å². The predicted molar refractivity (Wildman–Crippen MR) is 104 cm³/mol. The Hall–Kier alpha value is -1.11. The first-order valence-corrected chi connectivity index (χ1v) is 9.95. The number of aromatic nitrogens is 3. The van der Waals surface area contributed by atoms with E-state index in [1.807, 2.05) is 48.5 Å². The molecule has 0 fully saturated rings. The molecule has 0 atom stereocenters. The second-order valence-corrected chi connectivity index (χ2v) is 6.89. The Balaban J connectivity index is 2.08. The third kappa shape index (κ3) is 4.05. The van der Waals surface area contributed by atoms with Crippen molar-refractivity contribution < 1.29 is 0 Å². The summed E-state index contributed by atoms with van der Waals surface area (Å²) in [6, 6.07) is 15.8. The summed E-state index contributed by atoms with van der Waals surface area (Å²) in [4.78, 5) is 14.0. The van der Waals surface area contributed by atoms with Crippen molar-refractivity contribution >= 4 is 47.8 Å². The molecule has 3 heterocycles. The molecule has 6 heteroatoms. The van der Waals surface area contributed by atoms with Crippen LogP contribution in [0.15, 0.2) is 53.0 Å². The fraction of sp³-hybridized carbons (Fsp3) is 0.118. The first-order chi connectivity index (χ1) is 11.2. The molecule has 3 nitrogen and oxygen atoms in total. The number of rotatable bonds is 4. The minimum Gasteiger partial charge on any atom is -0.250 e. The van der Waals surface area contributed by atoms with Crippen molar-refractivity contribution in [3.63, 3.8) is 0 Å². The van der Waals surface area contributed by atoms with Gasteiger partial charge in [-0.25, -0.2) is 4.98 Å². The van der Waals surface area contributed by atoms with E-state index in [9.17, 15) is 0 Å². The van der Waals surface area contributed by atoms with Crippen LogP contribution in [0.4, 0.5) is 0 Å². The molecule has 23 heavy (non-hydrogen) atoms. The van der Waals surface area contributed by atoms with E-state index in [-0.39, 0.29) is 0 Å². The van der Waals surface area contributed by atoms with E-state index in [2.05, 4.69) is 57.8 Å². The van der Waals surface area contributed by atoms with Crippen LogP contribution in [0.3, 0.4) is 0 Å². The molecule has 0 radical (unpaired) electrons. The Morgan fingerprint density at radius 2 is 1.13 bits per heavy atom. The van der Waals surface area contributed by atoms with Gasteiger partial charge in [0.2, 0.25) is 0 Å². The van der Waals surface area contributed by atoms with Gasteiger partial charge in [-0.15, -0.1) is 0 Å². The van der Waals surface area contributed by atoms with Crippen LogP contribution in [-0.2, 0) is 10.7 Å². The fourth-order valence-corrected chi connectivity index (χ4v) is 3.21. The molecule has 0 aliphatic rings. The minimum atomic E-state index is 0.719. The molecular formula is C17H12Br3N3. The smallest absolute Gasteiger partial charge is 0.0905 e. The van der Waals surface area contributed by atoms with Gasteiger partial charge in [0.05, 0.1) is 34.2 Å². The largest absolute Gasteiger partial charge is 0.250 e. The van der Waals surface area contributed by atoms with E-state index in [4.69, 9.17) is 4.98 Å². The first kappa shape index (κ1) is 16.7. The zero-order valence-electron chi connectivity index (χ0n) is 12.0. The highest BCUT2D eigenvalue weighted by Gasteiger charge is 2.09. The van der Waals surface area contributed by atoms with Gasteiger partial charge in [-0.2, -0.15) is 0 Å². The molecule has 3 rings (SSSR count). The molecular weight excluding hydrogens is 486 g/mol. The molecule has 0 saturated heterocycles. The SMILES string of the molecule is BrCc1cccc(-c2cc(Br)cc(-c3cccc(CBr)n3)n2)n1. The zero-order chi connectivity index (χ0) is 16.2. The zero-order valence-corrected chi connectivity index (χ0v) is 16.8. The lowest BCUT2D eigenvalue weighted by molar-refractivity contribution is 1.14. The lowest BCUT2D eigenvalue weighted by Gasteiger charge is -2.07. The molecule has 0 unspecified atom stereocenters. The third-order valence-electron chi connectivity index (χ3n) is 3.20. The second-order valence-electron chi connectivity index (χ2n) is 4.85. The van der Waals surface area contributed by atoms with Crippen molar-refractivity contribution in [3.8, 4) is 22.8 Å². The van der Waals surface area contributed by atoms with Crippen molar-refractivity contribution in [1.29, 1.82) is 0 Å². The standard InChI is InChI=1S/C17H12Br3N3/c18-9-12-3-1-5-14(21-12)16-7-11(20)8-17(23-16)15-6-2-4-13(10-19)22-15/h1-8H,9-10H2. The Bertz CT molecular complexity index is 771. The normalized spacial score (nSPS) is 10.7. The average molecular weight is 498 g/mol. The van der Waals surface area contributed by atoms with Gasteiger partial charge in [0.25, 0.3) is 0 Å². The van der Waals surface area contributed by atoms with Crippen LogP contribution in [0.2, 0.25) is 0 Å². The monoisotopic (exact) mass is 495 g/mol. The number of hydrogen-bond donors (Lipinski definition) is 0. The van der Waals surface area contributed by atoms with E-state index < -0.39 is 0 Å². The lowest BCUT2D eigenvalue weighted by Crippen LogP contribution is -1.95. The first-order valence-electron chi connectivity index (χ1n) is 6.91. The topological polar surface area (TPSA) is 38.7 Å². The van der Waals surface area contributed by atoms with Gasteiger partial charge in [0.15, 0.2) is 0 Å². The van der Waals surface area contributed by atoms with E-state index in [1.165, 1.54) is 0 Å². The van der Waals surface area contributed by atoms with E-state index in [0.29, 0.717) is 0 Å². The van der Waals surface area contributed by atoms with Crippen LogP contribution in [0, 0.1) is 0 Å². The number of hydrogen-bond acceptors (Lipinski definition) is 3. The van der Waals surface area contributed by atoms with Crippen molar-refractivity contribution in [2.75, 3.05) is 0 Å². The van der Waals surface area contributed by atoms with Crippen LogP contribution >= 0.6 is 47.8 Å². The van der Waals surface area contributed by atoms with Gasteiger partial charge in [0.1, 0.15) is 0 Å². The van der Waals surface area contributed by atoms with Gasteiger partial charge >= 0.3 is 0 Å². The molecule has 0 N–H and O–H groups in total. The summed E-state index contributed by atoms with van der Waals surface area (Å²) in [6.45, 7) is 0. The second kappa shape index (κ2) is 7.64. The van der Waals surface area contributed by atoms with E-state index >= 15 is 0 Å². The maximum atomic E-state index is 4.74. The lowest BCUT2D eigenvalue weighted by atomic mass is 10.2. The number of nitrogens with zero attached hydrogens (tertiary/aromatic N) is 3. The van der Waals surface area contributed by atoms with E-state index in [1.54, 1.807) is 0 Å². The van der Waals surface area contributed by atoms with Gasteiger partial charge in [-0.3, -0.25) is 9.97 Å². The summed E-state index contributed by atoms with van der Waals surface area (Å²) in [7, 11) is 0. The van der Waals surface area contributed by atoms with Crippen molar-refractivity contribution in [2.45, 2.75) is 10.7 Å². The van der Waals surface area contributed by atoms with Crippen molar-refractivity contribution in [2.24, 2.45) is 0 Å². The molecule has 3 aromatic rings. The Morgan fingerprint density at radius 3 is 1.57 bits per heavy atom. The Kier molecular flexibility index (Phi) is 5.56. The molecule has 0 bridgehead atoms. The van der Waals surface area contributed by atoms with Crippen molar-refractivity contribution in [1.82, 2.24) is 15.0 Å². The average Bonchev–Trinajstić information content (AvgIpc) is 2.61. The van der Waals surface area contributed by atoms with Crippen LogP contribution in [0.1, 0.15) is 11.4 Å². The van der Waals surface area contributed by atoms with Crippen LogP contribution in [0.5, 0.6) is 0 Å². The Morgan fingerprint density at radius 1 is 0.652 bits per heavy atom. The van der Waals surface area contributed by atoms with Crippen molar-refractivity contribution in [3.05, 3.63) is 64.4 Å². The maximum absolute atomic E-state index is 4.74. The van der Waals surface area contributed by atoms with Crippen LogP contribution in [-0.4, -0.2) is 15.0 Å². The summed E-state index contributed by atoms with van der Waals surface area (Å²) < 4.78 is 0.953. The molecule has 0 aliphatic heterocycles.